The number of carbonyl (C=O) groups excluding carboxylic acids is 3. The zero-order chi connectivity index (χ0) is 21.1. The van der Waals surface area contributed by atoms with Gasteiger partial charge in [0.1, 0.15) is 17.7 Å². The van der Waals surface area contributed by atoms with Crippen LogP contribution in [0.4, 0.5) is 10.2 Å². The van der Waals surface area contributed by atoms with Crippen molar-refractivity contribution in [3.8, 4) is 0 Å². The van der Waals surface area contributed by atoms with Gasteiger partial charge in [-0.25, -0.2) is 14.4 Å². The molecule has 0 spiro atoms. The molecule has 8 nitrogen and oxygen atoms in total. The van der Waals surface area contributed by atoms with E-state index >= 15 is 0 Å². The van der Waals surface area contributed by atoms with Crippen LogP contribution in [0.25, 0.3) is 0 Å². The van der Waals surface area contributed by atoms with Gasteiger partial charge in [-0.05, 0) is 24.0 Å². The average molecular weight is 392 g/mol. The van der Waals surface area contributed by atoms with Crippen LogP contribution in [0.1, 0.15) is 27.2 Å². The number of nitrogens with one attached hydrogen (secondary N) is 1. The SMILES string of the molecule is C=C1CC(C(=O)Nc2ccc(F)cn2)N(C(=O)C(CN(O)C=O)C(C)(C)C)C1. The van der Waals surface area contributed by atoms with Gasteiger partial charge >= 0.3 is 0 Å². The number of likely N-dealkylation sites (tertiary alicyclic amines) is 1. The van der Waals surface area contributed by atoms with Crippen molar-refractivity contribution in [2.75, 3.05) is 18.4 Å². The second-order valence-electron chi connectivity index (χ2n) is 7.93. The lowest BCUT2D eigenvalue weighted by atomic mass is 9.79. The lowest BCUT2D eigenvalue weighted by Crippen LogP contribution is -2.50. The van der Waals surface area contributed by atoms with Crippen LogP contribution in [0.5, 0.6) is 0 Å². The molecule has 3 amide bonds. The molecule has 2 heterocycles. The van der Waals surface area contributed by atoms with Crippen LogP contribution in [-0.4, -0.2) is 57.5 Å². The molecule has 28 heavy (non-hydrogen) atoms. The number of hydrogen-bond acceptors (Lipinski definition) is 5. The third kappa shape index (κ3) is 5.13. The Balaban J connectivity index is 2.21. The van der Waals surface area contributed by atoms with E-state index in [4.69, 9.17) is 0 Å². The van der Waals surface area contributed by atoms with Crippen LogP contribution in [0.2, 0.25) is 0 Å². The predicted molar refractivity (Wildman–Crippen MR) is 99.6 cm³/mol. The van der Waals surface area contributed by atoms with Crippen molar-refractivity contribution in [1.82, 2.24) is 14.9 Å². The molecule has 1 aliphatic rings. The number of nitrogens with zero attached hydrogens (tertiary/aromatic N) is 3. The van der Waals surface area contributed by atoms with E-state index in [2.05, 4.69) is 16.9 Å². The number of aromatic nitrogens is 1. The molecule has 2 N–H and O–H groups in total. The number of anilines is 1. The maximum Gasteiger partial charge on any atom is 0.248 e. The molecule has 1 fully saturated rings. The number of halogens is 1. The standard InChI is InChI=1S/C19H25FN4O4/c1-12-7-15(17(26)22-16-6-5-13(20)8-21-16)24(9-12)18(27)14(19(2,3)4)10-23(28)11-25/h5-6,8,11,14-15,28H,1,7,9-10H2,2-4H3,(H,21,22,26). The van der Waals surface area contributed by atoms with Crippen LogP contribution in [-0.2, 0) is 14.4 Å². The smallest absolute Gasteiger partial charge is 0.248 e. The fourth-order valence-electron chi connectivity index (χ4n) is 3.08. The van der Waals surface area contributed by atoms with Gasteiger partial charge in [0.2, 0.25) is 18.2 Å². The molecular formula is C19H25FN4O4. The highest BCUT2D eigenvalue weighted by molar-refractivity contribution is 5.98. The highest BCUT2D eigenvalue weighted by Gasteiger charge is 2.42. The quantitative estimate of drug-likeness (QED) is 0.333. The highest BCUT2D eigenvalue weighted by Crippen LogP contribution is 2.32. The first-order valence-corrected chi connectivity index (χ1v) is 8.83. The summed E-state index contributed by atoms with van der Waals surface area (Å²) in [7, 11) is 0. The van der Waals surface area contributed by atoms with E-state index in [-0.39, 0.29) is 37.6 Å². The Hall–Kier alpha value is -2.81. The van der Waals surface area contributed by atoms with Gasteiger partial charge in [0.25, 0.3) is 0 Å². The van der Waals surface area contributed by atoms with Gasteiger partial charge in [0, 0.05) is 6.54 Å². The van der Waals surface area contributed by atoms with Gasteiger partial charge in [-0.3, -0.25) is 19.6 Å². The first kappa shape index (κ1) is 21.5. The van der Waals surface area contributed by atoms with E-state index in [9.17, 15) is 24.0 Å². The van der Waals surface area contributed by atoms with Crippen molar-refractivity contribution in [1.29, 1.82) is 0 Å². The first-order valence-electron chi connectivity index (χ1n) is 8.83. The Labute approximate surface area is 163 Å². The monoisotopic (exact) mass is 392 g/mol. The summed E-state index contributed by atoms with van der Waals surface area (Å²) in [5, 5.41) is 12.6. The largest absolute Gasteiger partial charge is 0.326 e. The Kier molecular flexibility index (Phi) is 6.50. The van der Waals surface area contributed by atoms with Crippen molar-refractivity contribution in [3.63, 3.8) is 0 Å². The summed E-state index contributed by atoms with van der Waals surface area (Å²) in [5.74, 6) is -1.91. The Morgan fingerprint density at radius 1 is 1.50 bits per heavy atom. The van der Waals surface area contributed by atoms with Crippen LogP contribution in [0.3, 0.4) is 0 Å². The van der Waals surface area contributed by atoms with E-state index in [1.165, 1.54) is 17.0 Å². The van der Waals surface area contributed by atoms with E-state index in [1.807, 2.05) is 20.8 Å². The summed E-state index contributed by atoms with van der Waals surface area (Å²) in [5.41, 5.74) is 0.148. The van der Waals surface area contributed by atoms with E-state index in [1.54, 1.807) is 0 Å². The van der Waals surface area contributed by atoms with E-state index in [0.29, 0.717) is 10.6 Å². The molecule has 0 aliphatic carbocycles. The topological polar surface area (TPSA) is 103 Å². The van der Waals surface area contributed by atoms with Crippen molar-refractivity contribution < 1.29 is 24.0 Å². The van der Waals surface area contributed by atoms with Gasteiger partial charge in [-0.15, -0.1) is 0 Å². The Morgan fingerprint density at radius 3 is 2.71 bits per heavy atom. The lowest BCUT2D eigenvalue weighted by molar-refractivity contribution is -0.161. The molecule has 1 aliphatic heterocycles. The van der Waals surface area contributed by atoms with Crippen molar-refractivity contribution in [2.45, 2.75) is 33.2 Å². The number of amides is 3. The number of hydroxylamine groups is 2. The minimum Gasteiger partial charge on any atom is -0.326 e. The number of hydrogen-bond donors (Lipinski definition) is 2. The fourth-order valence-corrected chi connectivity index (χ4v) is 3.08. The summed E-state index contributed by atoms with van der Waals surface area (Å²) in [6.07, 6.45) is 1.50. The minimum absolute atomic E-state index is 0.172. The summed E-state index contributed by atoms with van der Waals surface area (Å²) in [4.78, 5) is 41.9. The maximum absolute atomic E-state index is 13.2. The van der Waals surface area contributed by atoms with E-state index in [0.717, 1.165) is 6.20 Å². The molecule has 2 unspecified atom stereocenters. The van der Waals surface area contributed by atoms with Gasteiger partial charge < -0.3 is 10.2 Å². The molecule has 2 atom stereocenters. The number of pyridine rings is 1. The first-order chi connectivity index (χ1) is 13.0. The highest BCUT2D eigenvalue weighted by atomic mass is 19.1. The maximum atomic E-state index is 13.2. The second kappa shape index (κ2) is 8.47. The minimum atomic E-state index is -0.805. The third-order valence-electron chi connectivity index (χ3n) is 4.65. The average Bonchev–Trinajstić information content (AvgIpc) is 3.01. The van der Waals surface area contributed by atoms with Crippen molar-refractivity contribution >= 4 is 24.0 Å². The summed E-state index contributed by atoms with van der Waals surface area (Å²) >= 11 is 0. The molecule has 1 aromatic heterocycles. The Bertz CT molecular complexity index is 760. The van der Waals surface area contributed by atoms with Crippen molar-refractivity contribution in [2.24, 2.45) is 11.3 Å². The molecule has 0 radical (unpaired) electrons. The van der Waals surface area contributed by atoms with Gasteiger partial charge in [-0.2, -0.15) is 0 Å². The van der Waals surface area contributed by atoms with Crippen LogP contribution >= 0.6 is 0 Å². The summed E-state index contributed by atoms with van der Waals surface area (Å²) < 4.78 is 13.0. The molecule has 152 valence electrons. The second-order valence-corrected chi connectivity index (χ2v) is 7.93. The van der Waals surface area contributed by atoms with Crippen LogP contribution < -0.4 is 5.32 Å². The van der Waals surface area contributed by atoms with E-state index < -0.39 is 29.1 Å². The van der Waals surface area contributed by atoms with Gasteiger partial charge in [0.05, 0.1) is 18.7 Å². The van der Waals surface area contributed by atoms with Crippen LogP contribution in [0.15, 0.2) is 30.5 Å². The molecule has 2 rings (SSSR count). The number of carbonyl (C=O) groups is 3. The third-order valence-corrected chi connectivity index (χ3v) is 4.65. The van der Waals surface area contributed by atoms with Crippen molar-refractivity contribution in [3.05, 3.63) is 36.3 Å². The lowest BCUT2D eigenvalue weighted by Gasteiger charge is -2.35. The predicted octanol–water partition coefficient (Wildman–Crippen LogP) is 1.83. The molecule has 1 aromatic rings. The summed E-state index contributed by atoms with van der Waals surface area (Å²) in [6, 6.07) is 1.69. The molecular weight excluding hydrogens is 367 g/mol. The molecule has 0 saturated carbocycles. The molecule has 0 aromatic carbocycles. The van der Waals surface area contributed by atoms with Crippen LogP contribution in [0, 0.1) is 17.2 Å². The number of rotatable bonds is 6. The zero-order valence-corrected chi connectivity index (χ0v) is 16.2. The fraction of sp³-hybridized carbons (Fsp3) is 0.474. The normalized spacial score (nSPS) is 18.0. The summed E-state index contributed by atoms with van der Waals surface area (Å²) in [6.45, 7) is 9.34. The molecule has 0 bridgehead atoms. The van der Waals surface area contributed by atoms with Gasteiger partial charge in [-0.1, -0.05) is 32.9 Å². The Morgan fingerprint density at radius 2 is 2.18 bits per heavy atom. The van der Waals surface area contributed by atoms with Gasteiger partial charge in [0.15, 0.2) is 0 Å². The molecule has 1 saturated heterocycles. The molecule has 9 heteroatoms. The zero-order valence-electron chi connectivity index (χ0n) is 16.2.